The summed E-state index contributed by atoms with van der Waals surface area (Å²) in [6, 6.07) is 10.4. The summed E-state index contributed by atoms with van der Waals surface area (Å²) in [5, 5.41) is 1.22. The molecule has 0 N–H and O–H groups in total. The van der Waals surface area contributed by atoms with E-state index in [1.54, 1.807) is 6.08 Å². The molecule has 0 spiro atoms. The van der Waals surface area contributed by atoms with Gasteiger partial charge in [-0.15, -0.1) is 0 Å². The Bertz CT molecular complexity index is 529. The summed E-state index contributed by atoms with van der Waals surface area (Å²) < 4.78 is 2.06. The van der Waals surface area contributed by atoms with E-state index in [1.165, 1.54) is 10.9 Å². The molecule has 1 heterocycles. The van der Waals surface area contributed by atoms with Gasteiger partial charge in [-0.2, -0.15) is 0 Å². The smallest absolute Gasteiger partial charge is 0.0528 e. The highest BCUT2D eigenvalue weighted by Crippen LogP contribution is 2.20. The van der Waals surface area contributed by atoms with E-state index in [1.807, 2.05) is 30.5 Å². The van der Waals surface area contributed by atoms with Gasteiger partial charge >= 0.3 is 0 Å². The number of rotatable bonds is 3. The van der Waals surface area contributed by atoms with Gasteiger partial charge in [-0.05, 0) is 18.2 Å². The van der Waals surface area contributed by atoms with Gasteiger partial charge in [0.2, 0.25) is 0 Å². The van der Waals surface area contributed by atoms with Crippen molar-refractivity contribution in [2.45, 2.75) is 0 Å². The van der Waals surface area contributed by atoms with Crippen LogP contribution in [0.1, 0.15) is 5.69 Å². The minimum atomic E-state index is 1.12. The van der Waals surface area contributed by atoms with Crippen molar-refractivity contribution in [3.8, 4) is 0 Å². The predicted molar refractivity (Wildman–Crippen MR) is 67.6 cm³/mol. The van der Waals surface area contributed by atoms with Crippen LogP contribution in [0.15, 0.2) is 55.6 Å². The van der Waals surface area contributed by atoms with Crippen LogP contribution >= 0.6 is 0 Å². The highest BCUT2D eigenvalue weighted by molar-refractivity contribution is 5.85. The molecule has 2 aromatic rings. The number of fused-ring (bicyclic) bond motifs is 1. The number of benzene rings is 1. The summed E-state index contributed by atoms with van der Waals surface area (Å²) in [7, 11) is 0. The van der Waals surface area contributed by atoms with Crippen LogP contribution in [0.25, 0.3) is 23.2 Å². The molecule has 0 aliphatic heterocycles. The number of para-hydroxylation sites is 1. The number of hydrogen-bond donors (Lipinski definition) is 0. The van der Waals surface area contributed by atoms with E-state index in [2.05, 4.69) is 35.9 Å². The molecule has 0 radical (unpaired) electrons. The molecule has 0 amide bonds. The first-order valence-electron chi connectivity index (χ1n) is 4.88. The van der Waals surface area contributed by atoms with Gasteiger partial charge in [0.1, 0.15) is 0 Å². The summed E-state index contributed by atoms with van der Waals surface area (Å²) in [6.07, 6.45) is 7.54. The van der Waals surface area contributed by atoms with Gasteiger partial charge in [-0.1, -0.05) is 43.5 Å². The molecule has 1 aromatic carbocycles. The SMILES string of the molecule is C=C/C=C\c1cc2ccccc2n1C=C. The summed E-state index contributed by atoms with van der Waals surface area (Å²) >= 11 is 0. The van der Waals surface area contributed by atoms with Crippen LogP contribution < -0.4 is 0 Å². The van der Waals surface area contributed by atoms with Gasteiger partial charge in [0.25, 0.3) is 0 Å². The quantitative estimate of drug-likeness (QED) is 0.654. The molecule has 0 aliphatic carbocycles. The molecular formula is C14H13N. The van der Waals surface area contributed by atoms with Crippen molar-refractivity contribution in [2.75, 3.05) is 0 Å². The Morgan fingerprint density at radius 1 is 1.13 bits per heavy atom. The van der Waals surface area contributed by atoms with E-state index in [9.17, 15) is 0 Å². The first-order valence-corrected chi connectivity index (χ1v) is 4.88. The number of hydrogen-bond acceptors (Lipinski definition) is 0. The van der Waals surface area contributed by atoms with Gasteiger partial charge in [-0.25, -0.2) is 0 Å². The summed E-state index contributed by atoms with van der Waals surface area (Å²) in [6.45, 7) is 7.49. The van der Waals surface area contributed by atoms with Gasteiger partial charge < -0.3 is 4.57 Å². The van der Waals surface area contributed by atoms with Crippen LogP contribution in [0.2, 0.25) is 0 Å². The van der Waals surface area contributed by atoms with Crippen LogP contribution in [-0.2, 0) is 0 Å². The Labute approximate surface area is 89.7 Å². The third-order valence-corrected chi connectivity index (χ3v) is 2.36. The topological polar surface area (TPSA) is 4.93 Å². The Morgan fingerprint density at radius 2 is 1.93 bits per heavy atom. The lowest BCUT2D eigenvalue weighted by molar-refractivity contribution is 1.20. The molecule has 74 valence electrons. The fourth-order valence-corrected chi connectivity index (χ4v) is 1.70. The Hall–Kier alpha value is -2.02. The maximum atomic E-state index is 3.83. The molecule has 0 aliphatic rings. The van der Waals surface area contributed by atoms with Crippen LogP contribution in [-0.4, -0.2) is 4.57 Å². The normalized spacial score (nSPS) is 10.9. The fourth-order valence-electron chi connectivity index (χ4n) is 1.70. The van der Waals surface area contributed by atoms with Crippen LogP contribution in [0, 0.1) is 0 Å². The summed E-state index contributed by atoms with van der Waals surface area (Å²) in [4.78, 5) is 0. The second-order valence-corrected chi connectivity index (χ2v) is 3.28. The zero-order valence-electron chi connectivity index (χ0n) is 8.56. The molecule has 0 saturated carbocycles. The van der Waals surface area contributed by atoms with Gasteiger partial charge in [0, 0.05) is 17.3 Å². The van der Waals surface area contributed by atoms with Crippen LogP contribution in [0.3, 0.4) is 0 Å². The fraction of sp³-hybridized carbons (Fsp3) is 0. The van der Waals surface area contributed by atoms with Crippen molar-refractivity contribution in [1.82, 2.24) is 4.57 Å². The standard InChI is InChI=1S/C14H13N/c1-3-5-9-13-11-12-8-6-7-10-14(12)15(13)4-2/h3-11H,1-2H2/b9-5-. The summed E-state index contributed by atoms with van der Waals surface area (Å²) in [5.74, 6) is 0. The molecule has 0 saturated heterocycles. The van der Waals surface area contributed by atoms with E-state index in [0.717, 1.165) is 5.69 Å². The molecule has 1 aromatic heterocycles. The first kappa shape index (κ1) is 9.53. The lowest BCUT2D eigenvalue weighted by atomic mass is 10.2. The zero-order chi connectivity index (χ0) is 10.7. The van der Waals surface area contributed by atoms with E-state index in [-0.39, 0.29) is 0 Å². The highest BCUT2D eigenvalue weighted by Gasteiger charge is 2.02. The molecule has 2 rings (SSSR count). The molecule has 0 atom stereocenters. The third kappa shape index (κ3) is 1.64. The maximum Gasteiger partial charge on any atom is 0.0528 e. The maximum absolute atomic E-state index is 3.83. The number of allylic oxidation sites excluding steroid dienone is 2. The van der Waals surface area contributed by atoms with Gasteiger partial charge in [0.15, 0.2) is 0 Å². The average Bonchev–Trinajstić information content (AvgIpc) is 2.63. The van der Waals surface area contributed by atoms with E-state index in [4.69, 9.17) is 0 Å². The van der Waals surface area contributed by atoms with Crippen LogP contribution in [0.5, 0.6) is 0 Å². The lowest BCUT2D eigenvalue weighted by Crippen LogP contribution is -1.86. The molecule has 0 fully saturated rings. The van der Waals surface area contributed by atoms with E-state index >= 15 is 0 Å². The zero-order valence-corrected chi connectivity index (χ0v) is 8.56. The van der Waals surface area contributed by atoms with Gasteiger partial charge in [0.05, 0.1) is 5.52 Å². The van der Waals surface area contributed by atoms with Gasteiger partial charge in [-0.3, -0.25) is 0 Å². The van der Waals surface area contributed by atoms with Crippen molar-refractivity contribution in [3.63, 3.8) is 0 Å². The molecule has 0 bridgehead atoms. The Kier molecular flexibility index (Phi) is 2.55. The summed E-state index contributed by atoms with van der Waals surface area (Å²) in [5.41, 5.74) is 2.29. The average molecular weight is 195 g/mol. The lowest BCUT2D eigenvalue weighted by Gasteiger charge is -1.99. The number of nitrogens with zero attached hydrogens (tertiary/aromatic N) is 1. The van der Waals surface area contributed by atoms with Crippen molar-refractivity contribution < 1.29 is 0 Å². The van der Waals surface area contributed by atoms with E-state index < -0.39 is 0 Å². The monoisotopic (exact) mass is 195 g/mol. The second-order valence-electron chi connectivity index (χ2n) is 3.28. The molecule has 15 heavy (non-hydrogen) atoms. The van der Waals surface area contributed by atoms with Crippen molar-refractivity contribution >= 4 is 23.2 Å². The third-order valence-electron chi connectivity index (χ3n) is 2.36. The Morgan fingerprint density at radius 3 is 2.67 bits per heavy atom. The second kappa shape index (κ2) is 4.01. The molecule has 1 nitrogen and oxygen atoms in total. The van der Waals surface area contributed by atoms with Crippen molar-refractivity contribution in [2.24, 2.45) is 0 Å². The highest BCUT2D eigenvalue weighted by atomic mass is 15.0. The minimum absolute atomic E-state index is 1.12. The van der Waals surface area contributed by atoms with Crippen LogP contribution in [0.4, 0.5) is 0 Å². The predicted octanol–water partition coefficient (Wildman–Crippen LogP) is 3.94. The molecular weight excluding hydrogens is 182 g/mol. The van der Waals surface area contributed by atoms with Crippen molar-refractivity contribution in [1.29, 1.82) is 0 Å². The Balaban J connectivity index is 2.68. The van der Waals surface area contributed by atoms with Crippen molar-refractivity contribution in [3.05, 3.63) is 61.3 Å². The largest absolute Gasteiger partial charge is 0.317 e. The molecule has 0 unspecified atom stereocenters. The van der Waals surface area contributed by atoms with E-state index in [0.29, 0.717) is 0 Å². The minimum Gasteiger partial charge on any atom is -0.317 e. The number of aromatic nitrogens is 1. The molecule has 1 heteroatoms. The first-order chi connectivity index (χ1) is 7.36.